The van der Waals surface area contributed by atoms with Gasteiger partial charge >= 0.3 is 6.18 Å². The third kappa shape index (κ3) is 7.60. The molecular weight excluding hydrogens is 585 g/mol. The molecule has 0 saturated carbocycles. The van der Waals surface area contributed by atoms with Crippen molar-refractivity contribution in [3.05, 3.63) is 89.0 Å². The van der Waals surface area contributed by atoms with E-state index in [1.165, 1.54) is 12.4 Å². The maximum atomic E-state index is 14.1. The summed E-state index contributed by atoms with van der Waals surface area (Å²) in [7, 11) is 0. The molecule has 0 aliphatic carbocycles. The SMILES string of the molecule is CCN1CCN(Cc2ccc(CC(=O)N3CCc4ccc(Oc5cc(Nc6ncc[nH]6)ncn5)cc4C3)cc2C(F)(F)F)CC1. The highest BCUT2D eigenvalue weighted by Crippen LogP contribution is 2.34. The first-order valence-electron chi connectivity index (χ1n) is 15.0. The number of nitrogens with one attached hydrogen (secondary N) is 2. The van der Waals surface area contributed by atoms with Gasteiger partial charge in [-0.2, -0.15) is 13.2 Å². The van der Waals surface area contributed by atoms with Gasteiger partial charge in [0, 0.05) is 64.3 Å². The highest BCUT2D eigenvalue weighted by Gasteiger charge is 2.34. The molecule has 2 aromatic carbocycles. The van der Waals surface area contributed by atoms with Gasteiger partial charge in [0.25, 0.3) is 0 Å². The predicted octanol–water partition coefficient (Wildman–Crippen LogP) is 5.02. The number of H-pyrrole nitrogens is 1. The highest BCUT2D eigenvalue weighted by atomic mass is 19.4. The summed E-state index contributed by atoms with van der Waals surface area (Å²) in [5.74, 6) is 1.70. The molecule has 0 unspecified atom stereocenters. The second-order valence-electron chi connectivity index (χ2n) is 11.3. The number of amides is 1. The van der Waals surface area contributed by atoms with E-state index >= 15 is 0 Å². The molecule has 4 aromatic rings. The Labute approximate surface area is 259 Å². The Kier molecular flexibility index (Phi) is 8.99. The molecule has 0 radical (unpaired) electrons. The number of piperazine rings is 1. The average Bonchev–Trinajstić information content (AvgIpc) is 3.54. The van der Waals surface area contributed by atoms with E-state index in [0.29, 0.717) is 48.5 Å². The number of carbonyl (C=O) groups excluding carboxylic acids is 1. The highest BCUT2D eigenvalue weighted by molar-refractivity contribution is 5.79. The van der Waals surface area contributed by atoms with E-state index in [9.17, 15) is 18.0 Å². The van der Waals surface area contributed by atoms with E-state index in [4.69, 9.17) is 4.74 Å². The van der Waals surface area contributed by atoms with Crippen LogP contribution in [0.25, 0.3) is 0 Å². The number of hydrogen-bond acceptors (Lipinski definition) is 8. The van der Waals surface area contributed by atoms with E-state index in [1.54, 1.807) is 29.4 Å². The molecule has 0 spiro atoms. The monoisotopic (exact) mass is 620 g/mol. The van der Waals surface area contributed by atoms with E-state index in [1.807, 2.05) is 18.2 Å². The van der Waals surface area contributed by atoms with Crippen LogP contribution in [0.5, 0.6) is 11.6 Å². The Bertz CT molecular complexity index is 1620. The van der Waals surface area contributed by atoms with Gasteiger partial charge in [0.1, 0.15) is 17.9 Å². The number of fused-ring (bicyclic) bond motifs is 1. The number of anilines is 2. The van der Waals surface area contributed by atoms with Crippen LogP contribution in [0, 0.1) is 0 Å². The van der Waals surface area contributed by atoms with Crippen molar-refractivity contribution >= 4 is 17.7 Å². The van der Waals surface area contributed by atoms with E-state index in [-0.39, 0.29) is 24.4 Å². The van der Waals surface area contributed by atoms with Crippen LogP contribution in [0.4, 0.5) is 24.9 Å². The zero-order valence-corrected chi connectivity index (χ0v) is 25.0. The van der Waals surface area contributed by atoms with Crippen molar-refractivity contribution < 1.29 is 22.7 Å². The maximum absolute atomic E-state index is 14.1. The van der Waals surface area contributed by atoms with Gasteiger partial charge in [0.15, 0.2) is 0 Å². The van der Waals surface area contributed by atoms with Crippen molar-refractivity contribution in [1.29, 1.82) is 0 Å². The Hall–Kier alpha value is -4.49. The number of ether oxygens (including phenoxy) is 1. The number of carbonyl (C=O) groups is 1. The Morgan fingerprint density at radius 1 is 0.978 bits per heavy atom. The first kappa shape index (κ1) is 30.5. The summed E-state index contributed by atoms with van der Waals surface area (Å²) in [6.45, 7) is 7.27. The standard InChI is InChI=1S/C32H35F3N8O2/c1-2-41-11-13-42(14-12-41)19-24-4-3-22(15-27(24)32(33,34)35)16-30(44)43-10-7-23-5-6-26(17-25(23)20-43)45-29-18-28(38-21-39-29)40-31-36-8-9-37-31/h3-6,8-9,15,17-18,21H,2,7,10-14,16,19-20H2,1H3,(H2,36,37,38,39,40). The number of imidazole rings is 1. The molecule has 2 aliphatic heterocycles. The number of alkyl halides is 3. The van der Waals surface area contributed by atoms with Gasteiger partial charge in [0.2, 0.25) is 17.7 Å². The lowest BCUT2D eigenvalue weighted by molar-refractivity contribution is -0.138. The molecule has 4 heterocycles. The fourth-order valence-electron chi connectivity index (χ4n) is 5.78. The summed E-state index contributed by atoms with van der Waals surface area (Å²) in [5, 5.41) is 3.03. The van der Waals surface area contributed by atoms with Crippen LogP contribution >= 0.6 is 0 Å². The fourth-order valence-corrected chi connectivity index (χ4v) is 5.78. The van der Waals surface area contributed by atoms with Crippen LogP contribution in [-0.4, -0.2) is 79.8 Å². The van der Waals surface area contributed by atoms with Gasteiger partial charge in [-0.25, -0.2) is 15.0 Å². The number of aromatic nitrogens is 4. The lowest BCUT2D eigenvalue weighted by Crippen LogP contribution is -2.45. The minimum Gasteiger partial charge on any atom is -0.439 e. The fraction of sp³-hybridized carbons (Fsp3) is 0.375. The summed E-state index contributed by atoms with van der Waals surface area (Å²) in [6, 6.07) is 11.7. The Balaban J connectivity index is 1.10. The predicted molar refractivity (Wildman–Crippen MR) is 162 cm³/mol. The van der Waals surface area contributed by atoms with Crippen molar-refractivity contribution in [2.45, 2.75) is 39.0 Å². The van der Waals surface area contributed by atoms with Gasteiger partial charge in [-0.3, -0.25) is 9.69 Å². The van der Waals surface area contributed by atoms with Crippen LogP contribution in [0.3, 0.4) is 0 Å². The summed E-state index contributed by atoms with van der Waals surface area (Å²) in [6.07, 6.45) is 0.729. The molecule has 0 bridgehead atoms. The zero-order valence-electron chi connectivity index (χ0n) is 25.0. The second kappa shape index (κ2) is 13.2. The van der Waals surface area contributed by atoms with Crippen LogP contribution in [-0.2, 0) is 36.9 Å². The number of hydrogen-bond donors (Lipinski definition) is 2. The lowest BCUT2D eigenvalue weighted by atomic mass is 9.97. The van der Waals surface area contributed by atoms with Crippen molar-refractivity contribution in [3.8, 4) is 11.6 Å². The molecule has 45 heavy (non-hydrogen) atoms. The van der Waals surface area contributed by atoms with Gasteiger partial charge in [-0.15, -0.1) is 0 Å². The third-order valence-corrected chi connectivity index (χ3v) is 8.29. The number of nitrogens with zero attached hydrogens (tertiary/aromatic N) is 6. The number of benzene rings is 2. The van der Waals surface area contributed by atoms with Gasteiger partial charge < -0.3 is 24.8 Å². The van der Waals surface area contributed by atoms with Crippen LogP contribution < -0.4 is 10.1 Å². The molecule has 2 aliphatic rings. The number of aromatic amines is 1. The third-order valence-electron chi connectivity index (χ3n) is 8.29. The molecule has 236 valence electrons. The summed E-state index contributed by atoms with van der Waals surface area (Å²) >= 11 is 0. The summed E-state index contributed by atoms with van der Waals surface area (Å²) in [4.78, 5) is 34.8. The number of likely N-dealkylation sites (N-methyl/N-ethyl adjacent to an activating group) is 1. The van der Waals surface area contributed by atoms with Crippen LogP contribution in [0.1, 0.15) is 34.7 Å². The van der Waals surface area contributed by atoms with Crippen LogP contribution in [0.15, 0.2) is 61.2 Å². The molecule has 10 nitrogen and oxygen atoms in total. The molecule has 1 amide bonds. The molecule has 6 rings (SSSR count). The Morgan fingerprint density at radius 3 is 2.56 bits per heavy atom. The molecule has 13 heteroatoms. The van der Waals surface area contributed by atoms with Gasteiger partial charge in [0.05, 0.1) is 12.0 Å². The molecule has 2 aromatic heterocycles. The van der Waals surface area contributed by atoms with E-state index < -0.39 is 11.7 Å². The minimum atomic E-state index is -4.50. The van der Waals surface area contributed by atoms with Gasteiger partial charge in [-0.05, 0) is 53.4 Å². The van der Waals surface area contributed by atoms with Gasteiger partial charge in [-0.1, -0.05) is 25.1 Å². The van der Waals surface area contributed by atoms with Crippen LogP contribution in [0.2, 0.25) is 0 Å². The summed E-state index contributed by atoms with van der Waals surface area (Å²) < 4.78 is 48.3. The van der Waals surface area contributed by atoms with Crippen molar-refractivity contribution in [2.24, 2.45) is 0 Å². The molecule has 2 N–H and O–H groups in total. The topological polar surface area (TPSA) is 103 Å². The summed E-state index contributed by atoms with van der Waals surface area (Å²) in [5.41, 5.74) is 1.96. The zero-order chi connectivity index (χ0) is 31.4. The minimum absolute atomic E-state index is 0.101. The average molecular weight is 621 g/mol. The largest absolute Gasteiger partial charge is 0.439 e. The Morgan fingerprint density at radius 2 is 1.80 bits per heavy atom. The normalized spacial score (nSPS) is 16.0. The van der Waals surface area contributed by atoms with Crippen molar-refractivity contribution in [1.82, 2.24) is 34.6 Å². The molecule has 0 atom stereocenters. The maximum Gasteiger partial charge on any atom is 0.416 e. The first-order chi connectivity index (χ1) is 21.7. The second-order valence-corrected chi connectivity index (χ2v) is 11.3. The molecule has 1 saturated heterocycles. The molecule has 1 fully saturated rings. The molecular formula is C32H35F3N8O2. The quantitative estimate of drug-likeness (QED) is 0.269. The lowest BCUT2D eigenvalue weighted by Gasteiger charge is -2.34. The van der Waals surface area contributed by atoms with E-state index in [2.05, 4.69) is 42.0 Å². The van der Waals surface area contributed by atoms with E-state index in [0.717, 1.165) is 49.9 Å². The van der Waals surface area contributed by atoms with Crippen molar-refractivity contribution in [2.75, 3.05) is 44.6 Å². The number of halogens is 3. The first-order valence-corrected chi connectivity index (χ1v) is 15.0. The smallest absolute Gasteiger partial charge is 0.416 e. The van der Waals surface area contributed by atoms with Crippen molar-refractivity contribution in [3.63, 3.8) is 0 Å². The number of rotatable bonds is 9.